The molecule has 0 aliphatic carbocycles. The first-order chi connectivity index (χ1) is 12.8. The van der Waals surface area contributed by atoms with Gasteiger partial charge in [-0.2, -0.15) is 0 Å². The largest absolute Gasteiger partial charge is 0.506 e. The van der Waals surface area contributed by atoms with Crippen molar-refractivity contribution in [3.05, 3.63) is 52.1 Å². The number of nitrogens with one attached hydrogen (secondary N) is 1. The molecule has 0 spiro atoms. The Bertz CT molecular complexity index is 838. The fraction of sp³-hybridized carbons (Fsp3) is 0.278. The summed E-state index contributed by atoms with van der Waals surface area (Å²) in [7, 11) is 2.97. The number of aromatic hydroxyl groups is 1. The average molecular weight is 376 g/mol. The number of hydrogen-bond acceptors (Lipinski definition) is 7. The normalized spacial score (nSPS) is 11.5. The highest BCUT2D eigenvalue weighted by molar-refractivity contribution is 5.92. The molecule has 2 aromatic rings. The van der Waals surface area contributed by atoms with Gasteiger partial charge in [0.1, 0.15) is 17.2 Å². The third-order valence-corrected chi connectivity index (χ3v) is 3.91. The molecule has 1 amide bonds. The number of rotatable bonds is 8. The highest BCUT2D eigenvalue weighted by atomic mass is 16.6. The van der Waals surface area contributed by atoms with E-state index in [9.17, 15) is 25.1 Å². The maximum Gasteiger partial charge on any atom is 0.271 e. The number of aliphatic hydroxyl groups excluding tert-OH is 1. The van der Waals surface area contributed by atoms with E-state index < -0.39 is 16.9 Å². The number of non-ortho nitro benzene ring substituents is 1. The van der Waals surface area contributed by atoms with E-state index in [2.05, 4.69) is 5.32 Å². The molecule has 0 aliphatic heterocycles. The average Bonchev–Trinajstić information content (AvgIpc) is 2.67. The molecule has 9 nitrogen and oxygen atoms in total. The van der Waals surface area contributed by atoms with Gasteiger partial charge in [-0.25, -0.2) is 0 Å². The Kier molecular flexibility index (Phi) is 6.56. The summed E-state index contributed by atoms with van der Waals surface area (Å²) in [4.78, 5) is 22.2. The summed E-state index contributed by atoms with van der Waals surface area (Å²) in [6, 6.07) is 8.26. The summed E-state index contributed by atoms with van der Waals surface area (Å²) in [6.07, 6.45) is -0.946. The zero-order valence-electron chi connectivity index (χ0n) is 14.8. The number of anilines is 1. The van der Waals surface area contributed by atoms with Crippen LogP contribution in [0, 0.1) is 10.1 Å². The van der Waals surface area contributed by atoms with Crippen molar-refractivity contribution >= 4 is 17.3 Å². The quantitative estimate of drug-likeness (QED) is 0.367. The first kappa shape index (κ1) is 20.0. The number of ether oxygens (including phenoxy) is 2. The van der Waals surface area contributed by atoms with Crippen LogP contribution in [0.4, 0.5) is 11.4 Å². The van der Waals surface area contributed by atoms with Gasteiger partial charge in [0, 0.05) is 30.2 Å². The third kappa shape index (κ3) is 5.08. The second-order valence-corrected chi connectivity index (χ2v) is 5.67. The van der Waals surface area contributed by atoms with Gasteiger partial charge in [0.05, 0.1) is 30.9 Å². The van der Waals surface area contributed by atoms with Crippen molar-refractivity contribution in [2.75, 3.05) is 19.5 Å². The second-order valence-electron chi connectivity index (χ2n) is 5.67. The molecule has 0 fully saturated rings. The molecule has 2 rings (SSSR count). The number of amides is 1. The molecular weight excluding hydrogens is 356 g/mol. The molecular formula is C18H20N2O7. The second kappa shape index (κ2) is 8.86. The van der Waals surface area contributed by atoms with Crippen LogP contribution < -0.4 is 14.8 Å². The van der Waals surface area contributed by atoms with E-state index in [0.29, 0.717) is 17.1 Å². The maximum absolute atomic E-state index is 12.1. The van der Waals surface area contributed by atoms with Crippen LogP contribution in [0.3, 0.4) is 0 Å². The van der Waals surface area contributed by atoms with Crippen LogP contribution in [0.25, 0.3) is 0 Å². The molecule has 0 aliphatic rings. The van der Waals surface area contributed by atoms with E-state index in [1.54, 1.807) is 18.2 Å². The Labute approximate surface area is 155 Å². The Morgan fingerprint density at radius 3 is 2.59 bits per heavy atom. The van der Waals surface area contributed by atoms with Gasteiger partial charge in [-0.1, -0.05) is 0 Å². The van der Waals surface area contributed by atoms with Gasteiger partial charge in [0.2, 0.25) is 5.91 Å². The molecule has 1 atom stereocenters. The lowest BCUT2D eigenvalue weighted by atomic mass is 10.0. The fourth-order valence-electron chi connectivity index (χ4n) is 2.47. The number of nitro groups is 1. The SMILES string of the molecule is COc1ccc(C(O)CCC(=O)Nc2cc([N+](=O)[O-])ccc2O)c(OC)c1. The highest BCUT2D eigenvalue weighted by Crippen LogP contribution is 2.32. The predicted octanol–water partition coefficient (Wildman–Crippen LogP) is 2.77. The maximum atomic E-state index is 12.1. The van der Waals surface area contributed by atoms with Gasteiger partial charge in [-0.05, 0) is 24.6 Å². The Morgan fingerprint density at radius 1 is 1.22 bits per heavy atom. The van der Waals surface area contributed by atoms with Crippen molar-refractivity contribution in [3.8, 4) is 17.2 Å². The lowest BCUT2D eigenvalue weighted by Gasteiger charge is -2.15. The summed E-state index contributed by atoms with van der Waals surface area (Å²) < 4.78 is 10.3. The van der Waals surface area contributed by atoms with E-state index in [0.717, 1.165) is 18.2 Å². The number of hydrogen-bond donors (Lipinski definition) is 3. The Morgan fingerprint density at radius 2 is 1.96 bits per heavy atom. The van der Waals surface area contributed by atoms with Crippen molar-refractivity contribution in [2.45, 2.75) is 18.9 Å². The standard InChI is InChI=1S/C18H20N2O7/c1-26-12-4-5-13(17(10-12)27-2)15(21)7-8-18(23)19-14-9-11(20(24)25)3-6-16(14)22/h3-6,9-10,15,21-22H,7-8H2,1-2H3,(H,19,23). The van der Waals surface area contributed by atoms with E-state index in [-0.39, 0.29) is 30.0 Å². The molecule has 9 heteroatoms. The summed E-state index contributed by atoms with van der Waals surface area (Å²) in [5.74, 6) is 0.212. The topological polar surface area (TPSA) is 131 Å². The number of nitro benzene ring substituents is 1. The van der Waals surface area contributed by atoms with E-state index in [4.69, 9.17) is 9.47 Å². The summed E-state index contributed by atoms with van der Waals surface area (Å²) in [6.45, 7) is 0. The number of methoxy groups -OCH3 is 2. The van der Waals surface area contributed by atoms with Gasteiger partial charge in [-0.15, -0.1) is 0 Å². The monoisotopic (exact) mass is 376 g/mol. The van der Waals surface area contributed by atoms with Crippen molar-refractivity contribution in [1.29, 1.82) is 0 Å². The van der Waals surface area contributed by atoms with E-state index in [1.165, 1.54) is 14.2 Å². The molecule has 0 saturated heterocycles. The fourth-order valence-corrected chi connectivity index (χ4v) is 2.47. The van der Waals surface area contributed by atoms with Crippen LogP contribution in [0.1, 0.15) is 24.5 Å². The minimum Gasteiger partial charge on any atom is -0.506 e. The van der Waals surface area contributed by atoms with E-state index >= 15 is 0 Å². The molecule has 0 aromatic heterocycles. The minimum absolute atomic E-state index is 0.0642. The zero-order valence-corrected chi connectivity index (χ0v) is 14.8. The minimum atomic E-state index is -0.963. The molecule has 0 heterocycles. The number of phenolic OH excluding ortho intramolecular Hbond substituents is 1. The van der Waals surface area contributed by atoms with Crippen LogP contribution in [0.5, 0.6) is 17.2 Å². The van der Waals surface area contributed by atoms with Gasteiger partial charge in [0.25, 0.3) is 5.69 Å². The number of benzene rings is 2. The molecule has 0 radical (unpaired) electrons. The lowest BCUT2D eigenvalue weighted by Crippen LogP contribution is -2.13. The number of aliphatic hydroxyl groups is 1. The lowest BCUT2D eigenvalue weighted by molar-refractivity contribution is -0.384. The van der Waals surface area contributed by atoms with Crippen LogP contribution in [-0.2, 0) is 4.79 Å². The third-order valence-electron chi connectivity index (χ3n) is 3.91. The van der Waals surface area contributed by atoms with Gasteiger partial charge in [0.15, 0.2) is 0 Å². The van der Waals surface area contributed by atoms with Gasteiger partial charge >= 0.3 is 0 Å². The molecule has 1 unspecified atom stereocenters. The first-order valence-corrected chi connectivity index (χ1v) is 8.03. The van der Waals surface area contributed by atoms with Crippen molar-refractivity contribution < 1.29 is 29.4 Å². The van der Waals surface area contributed by atoms with Gasteiger partial charge < -0.3 is 25.0 Å². The summed E-state index contributed by atoms with van der Waals surface area (Å²) >= 11 is 0. The summed E-state index contributed by atoms with van der Waals surface area (Å²) in [5.41, 5.74) is 0.182. The smallest absolute Gasteiger partial charge is 0.271 e. The number of carbonyl (C=O) groups excluding carboxylic acids is 1. The van der Waals surface area contributed by atoms with Crippen LogP contribution >= 0.6 is 0 Å². The first-order valence-electron chi connectivity index (χ1n) is 8.03. The molecule has 3 N–H and O–H groups in total. The van der Waals surface area contributed by atoms with Crippen molar-refractivity contribution in [1.82, 2.24) is 0 Å². The van der Waals surface area contributed by atoms with Crippen LogP contribution in [0.15, 0.2) is 36.4 Å². The van der Waals surface area contributed by atoms with Gasteiger partial charge in [-0.3, -0.25) is 14.9 Å². The van der Waals surface area contributed by atoms with E-state index in [1.807, 2.05) is 0 Å². The molecule has 0 saturated carbocycles. The number of carbonyl (C=O) groups is 1. The molecule has 144 valence electrons. The molecule has 27 heavy (non-hydrogen) atoms. The number of phenols is 1. The zero-order chi connectivity index (χ0) is 20.0. The Hall–Kier alpha value is -3.33. The van der Waals surface area contributed by atoms with Crippen LogP contribution in [0.2, 0.25) is 0 Å². The molecule has 2 aromatic carbocycles. The van der Waals surface area contributed by atoms with Crippen LogP contribution in [-0.4, -0.2) is 35.3 Å². The molecule has 0 bridgehead atoms. The van der Waals surface area contributed by atoms with Crippen molar-refractivity contribution in [2.24, 2.45) is 0 Å². The van der Waals surface area contributed by atoms with Crippen molar-refractivity contribution in [3.63, 3.8) is 0 Å². The number of nitrogens with zero attached hydrogens (tertiary/aromatic N) is 1. The Balaban J connectivity index is 2.01. The predicted molar refractivity (Wildman–Crippen MR) is 97.1 cm³/mol. The summed E-state index contributed by atoms with van der Waals surface area (Å²) in [5, 5.41) is 33.3. The highest BCUT2D eigenvalue weighted by Gasteiger charge is 2.17.